The van der Waals surface area contributed by atoms with Gasteiger partial charge < -0.3 is 5.73 Å². The molecular formula is C19H23FN2. The zero-order valence-corrected chi connectivity index (χ0v) is 13.0. The van der Waals surface area contributed by atoms with Crippen molar-refractivity contribution in [1.29, 1.82) is 0 Å². The predicted octanol–water partition coefficient (Wildman–Crippen LogP) is 3.31. The molecule has 2 aromatic rings. The van der Waals surface area contributed by atoms with Gasteiger partial charge in [-0.15, -0.1) is 0 Å². The number of likely N-dealkylation sites (tertiary alicyclic amines) is 1. The molecule has 1 heterocycles. The Morgan fingerprint density at radius 3 is 2.64 bits per heavy atom. The van der Waals surface area contributed by atoms with Gasteiger partial charge in [0.1, 0.15) is 5.82 Å². The molecule has 2 nitrogen and oxygen atoms in total. The molecule has 2 aromatic carbocycles. The number of benzene rings is 2. The van der Waals surface area contributed by atoms with Crippen molar-refractivity contribution in [2.24, 2.45) is 11.7 Å². The normalized spacial score (nSPS) is 22.1. The number of halogens is 1. The highest BCUT2D eigenvalue weighted by Crippen LogP contribution is 2.33. The molecule has 0 amide bonds. The summed E-state index contributed by atoms with van der Waals surface area (Å²) < 4.78 is 14.0. The van der Waals surface area contributed by atoms with Crippen LogP contribution in [0.3, 0.4) is 0 Å². The van der Waals surface area contributed by atoms with Crippen LogP contribution >= 0.6 is 0 Å². The number of hydrogen-bond donors (Lipinski definition) is 1. The SMILES string of the molecule is Cc1ccc(F)c(CN2C[C@@H](CN)[C@H](c3ccccc3)C2)c1. The van der Waals surface area contributed by atoms with E-state index in [2.05, 4.69) is 29.2 Å². The van der Waals surface area contributed by atoms with E-state index in [4.69, 9.17) is 5.73 Å². The molecule has 1 aliphatic rings. The van der Waals surface area contributed by atoms with E-state index in [0.717, 1.165) is 24.2 Å². The Morgan fingerprint density at radius 2 is 1.91 bits per heavy atom. The fraction of sp³-hybridized carbons (Fsp3) is 0.368. The Bertz CT molecular complexity index is 627. The van der Waals surface area contributed by atoms with Crippen molar-refractivity contribution in [2.75, 3.05) is 19.6 Å². The van der Waals surface area contributed by atoms with E-state index in [0.29, 0.717) is 24.9 Å². The molecule has 0 unspecified atom stereocenters. The van der Waals surface area contributed by atoms with Gasteiger partial charge in [-0.3, -0.25) is 4.90 Å². The van der Waals surface area contributed by atoms with Crippen LogP contribution in [0.1, 0.15) is 22.6 Å². The molecule has 22 heavy (non-hydrogen) atoms. The summed E-state index contributed by atoms with van der Waals surface area (Å²) >= 11 is 0. The minimum absolute atomic E-state index is 0.113. The van der Waals surface area contributed by atoms with E-state index < -0.39 is 0 Å². The predicted molar refractivity (Wildman–Crippen MR) is 88.1 cm³/mol. The number of hydrogen-bond acceptors (Lipinski definition) is 2. The van der Waals surface area contributed by atoms with Crippen molar-refractivity contribution in [3.63, 3.8) is 0 Å². The Hall–Kier alpha value is -1.71. The van der Waals surface area contributed by atoms with Crippen molar-refractivity contribution in [3.05, 3.63) is 71.0 Å². The third kappa shape index (κ3) is 3.21. The van der Waals surface area contributed by atoms with E-state index in [9.17, 15) is 4.39 Å². The van der Waals surface area contributed by atoms with E-state index in [1.807, 2.05) is 25.1 Å². The monoisotopic (exact) mass is 298 g/mol. The topological polar surface area (TPSA) is 29.3 Å². The minimum Gasteiger partial charge on any atom is -0.330 e. The van der Waals surface area contributed by atoms with Gasteiger partial charge in [0, 0.05) is 31.1 Å². The van der Waals surface area contributed by atoms with Crippen LogP contribution in [-0.2, 0) is 6.54 Å². The molecule has 3 rings (SSSR count). The van der Waals surface area contributed by atoms with E-state index in [1.54, 1.807) is 6.07 Å². The zero-order chi connectivity index (χ0) is 15.5. The molecule has 0 saturated carbocycles. The van der Waals surface area contributed by atoms with Crippen molar-refractivity contribution >= 4 is 0 Å². The first-order valence-electron chi connectivity index (χ1n) is 7.89. The maximum Gasteiger partial charge on any atom is 0.127 e. The molecule has 2 N–H and O–H groups in total. The van der Waals surface area contributed by atoms with Gasteiger partial charge in [0.25, 0.3) is 0 Å². The highest BCUT2D eigenvalue weighted by atomic mass is 19.1. The average molecular weight is 298 g/mol. The number of aryl methyl sites for hydroxylation is 1. The second kappa shape index (κ2) is 6.59. The first-order chi connectivity index (χ1) is 10.7. The van der Waals surface area contributed by atoms with Gasteiger partial charge in [-0.1, -0.05) is 48.0 Å². The van der Waals surface area contributed by atoms with Crippen molar-refractivity contribution in [3.8, 4) is 0 Å². The van der Waals surface area contributed by atoms with E-state index in [1.165, 1.54) is 5.56 Å². The van der Waals surface area contributed by atoms with Gasteiger partial charge in [0.2, 0.25) is 0 Å². The lowest BCUT2D eigenvalue weighted by atomic mass is 9.89. The highest BCUT2D eigenvalue weighted by Gasteiger charge is 2.32. The molecule has 3 heteroatoms. The molecule has 0 radical (unpaired) electrons. The van der Waals surface area contributed by atoms with Gasteiger partial charge in [0.05, 0.1) is 0 Å². The highest BCUT2D eigenvalue weighted by molar-refractivity contribution is 5.26. The Morgan fingerprint density at radius 1 is 1.14 bits per heavy atom. The van der Waals surface area contributed by atoms with Crippen molar-refractivity contribution < 1.29 is 4.39 Å². The molecule has 1 fully saturated rings. The Labute approximate surface area is 131 Å². The summed E-state index contributed by atoms with van der Waals surface area (Å²) in [6.45, 7) is 5.21. The van der Waals surface area contributed by atoms with E-state index in [-0.39, 0.29) is 5.82 Å². The van der Waals surface area contributed by atoms with Crippen LogP contribution in [0.2, 0.25) is 0 Å². The quantitative estimate of drug-likeness (QED) is 0.938. The lowest BCUT2D eigenvalue weighted by Crippen LogP contribution is -2.23. The van der Waals surface area contributed by atoms with Gasteiger partial charge in [-0.05, 0) is 31.0 Å². The smallest absolute Gasteiger partial charge is 0.127 e. The van der Waals surface area contributed by atoms with Crippen LogP contribution < -0.4 is 5.73 Å². The number of rotatable bonds is 4. The first-order valence-corrected chi connectivity index (χ1v) is 7.89. The van der Waals surface area contributed by atoms with Crippen LogP contribution in [0.15, 0.2) is 48.5 Å². The summed E-state index contributed by atoms with van der Waals surface area (Å²) in [4.78, 5) is 2.33. The fourth-order valence-electron chi connectivity index (χ4n) is 3.47. The molecule has 116 valence electrons. The molecule has 0 spiro atoms. The van der Waals surface area contributed by atoms with Crippen LogP contribution in [0, 0.1) is 18.7 Å². The molecule has 1 aliphatic heterocycles. The third-order valence-electron chi connectivity index (χ3n) is 4.64. The van der Waals surface area contributed by atoms with Crippen LogP contribution in [0.4, 0.5) is 4.39 Å². The zero-order valence-electron chi connectivity index (χ0n) is 13.0. The van der Waals surface area contributed by atoms with Crippen LogP contribution in [-0.4, -0.2) is 24.5 Å². The fourth-order valence-corrected chi connectivity index (χ4v) is 3.47. The Balaban J connectivity index is 1.76. The molecule has 0 bridgehead atoms. The average Bonchev–Trinajstić information content (AvgIpc) is 2.95. The summed E-state index contributed by atoms with van der Waals surface area (Å²) in [5.74, 6) is 0.771. The lowest BCUT2D eigenvalue weighted by molar-refractivity contribution is 0.311. The molecule has 0 aromatic heterocycles. The summed E-state index contributed by atoms with van der Waals surface area (Å²) in [5.41, 5.74) is 9.19. The van der Waals surface area contributed by atoms with Crippen molar-refractivity contribution in [1.82, 2.24) is 4.90 Å². The van der Waals surface area contributed by atoms with Crippen molar-refractivity contribution in [2.45, 2.75) is 19.4 Å². The maximum absolute atomic E-state index is 14.0. The lowest BCUT2D eigenvalue weighted by Gasteiger charge is -2.17. The molecule has 2 atom stereocenters. The van der Waals surface area contributed by atoms with E-state index >= 15 is 0 Å². The van der Waals surface area contributed by atoms with Crippen LogP contribution in [0.5, 0.6) is 0 Å². The van der Waals surface area contributed by atoms with Gasteiger partial charge >= 0.3 is 0 Å². The minimum atomic E-state index is -0.113. The van der Waals surface area contributed by atoms with Gasteiger partial charge in [-0.2, -0.15) is 0 Å². The van der Waals surface area contributed by atoms with Gasteiger partial charge in [0.15, 0.2) is 0 Å². The maximum atomic E-state index is 14.0. The second-order valence-corrected chi connectivity index (χ2v) is 6.30. The number of nitrogens with two attached hydrogens (primary N) is 1. The largest absolute Gasteiger partial charge is 0.330 e. The first kappa shape index (κ1) is 15.2. The van der Waals surface area contributed by atoms with Gasteiger partial charge in [-0.25, -0.2) is 4.39 Å². The summed E-state index contributed by atoms with van der Waals surface area (Å²) in [7, 11) is 0. The molecule has 1 saturated heterocycles. The van der Waals surface area contributed by atoms with Crippen LogP contribution in [0.25, 0.3) is 0 Å². The second-order valence-electron chi connectivity index (χ2n) is 6.30. The summed E-state index contributed by atoms with van der Waals surface area (Å²) in [6, 6.07) is 15.9. The summed E-state index contributed by atoms with van der Waals surface area (Å²) in [5, 5.41) is 0. The molecule has 0 aliphatic carbocycles. The third-order valence-corrected chi connectivity index (χ3v) is 4.64. The molecular weight excluding hydrogens is 275 g/mol. The standard InChI is InChI=1S/C19H23FN2/c1-14-7-8-19(20)16(9-14)11-22-12-17(10-21)18(13-22)15-5-3-2-4-6-15/h2-9,17-18H,10-13,21H2,1H3/t17-,18+/m1/s1. The Kier molecular flexibility index (Phi) is 4.55. The summed E-state index contributed by atoms with van der Waals surface area (Å²) in [6.07, 6.45) is 0. The number of nitrogens with zero attached hydrogens (tertiary/aromatic N) is 1.